The highest BCUT2D eigenvalue weighted by Crippen LogP contribution is 2.25. The molecule has 106 valence electrons. The molecule has 0 amide bonds. The van der Waals surface area contributed by atoms with E-state index in [0.717, 1.165) is 18.9 Å². The summed E-state index contributed by atoms with van der Waals surface area (Å²) >= 11 is 0. The largest absolute Gasteiger partial charge is 0.492 e. The van der Waals surface area contributed by atoms with Gasteiger partial charge in [-0.05, 0) is 62.3 Å². The standard InChI is InChI=1S/C17H27NO/c1-3-6-14(2)18-11-12-19-17-10-9-15-7-4-5-8-16(15)13-17/h9-10,13-14,18H,3-8,11-12H2,1-2H3. The molecule has 0 saturated heterocycles. The Morgan fingerprint density at radius 2 is 2.00 bits per heavy atom. The van der Waals surface area contributed by atoms with Crippen LogP contribution in [0.3, 0.4) is 0 Å². The molecule has 1 aliphatic carbocycles. The highest BCUT2D eigenvalue weighted by atomic mass is 16.5. The second kappa shape index (κ2) is 7.54. The maximum absolute atomic E-state index is 5.84. The molecule has 1 aromatic rings. The minimum atomic E-state index is 0.595. The van der Waals surface area contributed by atoms with E-state index in [-0.39, 0.29) is 0 Å². The second-order valence-electron chi connectivity index (χ2n) is 5.63. The molecule has 0 radical (unpaired) electrons. The number of hydrogen-bond donors (Lipinski definition) is 1. The van der Waals surface area contributed by atoms with Crippen LogP contribution in [0.4, 0.5) is 0 Å². The maximum atomic E-state index is 5.84. The highest BCUT2D eigenvalue weighted by Gasteiger charge is 2.09. The van der Waals surface area contributed by atoms with Gasteiger partial charge >= 0.3 is 0 Å². The molecule has 1 unspecified atom stereocenters. The summed E-state index contributed by atoms with van der Waals surface area (Å²) in [4.78, 5) is 0. The summed E-state index contributed by atoms with van der Waals surface area (Å²) in [5, 5.41) is 3.49. The zero-order valence-electron chi connectivity index (χ0n) is 12.4. The van der Waals surface area contributed by atoms with E-state index in [0.29, 0.717) is 6.04 Å². The molecule has 19 heavy (non-hydrogen) atoms. The number of rotatable bonds is 7. The molecule has 0 aliphatic heterocycles. The quantitative estimate of drug-likeness (QED) is 0.755. The van der Waals surface area contributed by atoms with Crippen molar-refractivity contribution in [1.82, 2.24) is 5.32 Å². The fourth-order valence-corrected chi connectivity index (χ4v) is 2.81. The molecule has 1 aliphatic rings. The highest BCUT2D eigenvalue weighted by molar-refractivity contribution is 5.37. The molecular weight excluding hydrogens is 234 g/mol. The number of aryl methyl sites for hydroxylation is 2. The molecule has 2 rings (SSSR count). The van der Waals surface area contributed by atoms with Crippen LogP contribution in [-0.2, 0) is 12.8 Å². The first-order chi connectivity index (χ1) is 9.29. The lowest BCUT2D eigenvalue weighted by molar-refractivity contribution is 0.304. The Morgan fingerprint density at radius 1 is 1.21 bits per heavy atom. The van der Waals surface area contributed by atoms with Crippen molar-refractivity contribution >= 4 is 0 Å². The molecule has 1 N–H and O–H groups in total. The van der Waals surface area contributed by atoms with Crippen LogP contribution in [0, 0.1) is 0 Å². The summed E-state index contributed by atoms with van der Waals surface area (Å²) in [5.41, 5.74) is 3.02. The number of benzene rings is 1. The first-order valence-electron chi connectivity index (χ1n) is 7.77. The number of nitrogens with one attached hydrogen (secondary N) is 1. The van der Waals surface area contributed by atoms with Gasteiger partial charge in [0.2, 0.25) is 0 Å². The van der Waals surface area contributed by atoms with Crippen molar-refractivity contribution in [2.24, 2.45) is 0 Å². The van der Waals surface area contributed by atoms with E-state index in [1.807, 2.05) is 0 Å². The molecule has 0 heterocycles. The zero-order valence-corrected chi connectivity index (χ0v) is 12.4. The van der Waals surface area contributed by atoms with Gasteiger partial charge in [0.25, 0.3) is 0 Å². The molecule has 0 bridgehead atoms. The Labute approximate surface area is 117 Å². The first kappa shape index (κ1) is 14.4. The SMILES string of the molecule is CCCC(C)NCCOc1ccc2c(c1)CCCC2. The molecule has 0 fully saturated rings. The van der Waals surface area contributed by atoms with Crippen molar-refractivity contribution in [3.63, 3.8) is 0 Å². The lowest BCUT2D eigenvalue weighted by atomic mass is 9.92. The molecule has 0 aromatic heterocycles. The van der Waals surface area contributed by atoms with E-state index in [2.05, 4.69) is 37.4 Å². The van der Waals surface area contributed by atoms with Gasteiger partial charge in [-0.1, -0.05) is 19.4 Å². The predicted molar refractivity (Wildman–Crippen MR) is 81.0 cm³/mol. The smallest absolute Gasteiger partial charge is 0.119 e. The van der Waals surface area contributed by atoms with Gasteiger partial charge in [0, 0.05) is 12.6 Å². The van der Waals surface area contributed by atoms with Gasteiger partial charge in [-0.15, -0.1) is 0 Å². The molecular formula is C17H27NO. The monoisotopic (exact) mass is 261 g/mol. The third-order valence-corrected chi connectivity index (χ3v) is 3.91. The van der Waals surface area contributed by atoms with Gasteiger partial charge in [0.15, 0.2) is 0 Å². The minimum absolute atomic E-state index is 0.595. The van der Waals surface area contributed by atoms with Gasteiger partial charge in [-0.3, -0.25) is 0 Å². The average molecular weight is 261 g/mol. The summed E-state index contributed by atoms with van der Waals surface area (Å²) in [6.07, 6.45) is 7.60. The van der Waals surface area contributed by atoms with E-state index in [1.54, 1.807) is 0 Å². The summed E-state index contributed by atoms with van der Waals surface area (Å²) in [6, 6.07) is 7.21. The van der Waals surface area contributed by atoms with E-state index in [1.165, 1.54) is 49.7 Å². The third-order valence-electron chi connectivity index (χ3n) is 3.91. The van der Waals surface area contributed by atoms with Crippen LogP contribution in [0.5, 0.6) is 5.75 Å². The van der Waals surface area contributed by atoms with Crippen molar-refractivity contribution in [3.05, 3.63) is 29.3 Å². The molecule has 1 aromatic carbocycles. The maximum Gasteiger partial charge on any atom is 0.119 e. The molecule has 2 heteroatoms. The van der Waals surface area contributed by atoms with Crippen LogP contribution in [0.15, 0.2) is 18.2 Å². The van der Waals surface area contributed by atoms with Crippen molar-refractivity contribution < 1.29 is 4.74 Å². The molecule has 1 atom stereocenters. The first-order valence-corrected chi connectivity index (χ1v) is 7.77. The van der Waals surface area contributed by atoms with Crippen LogP contribution in [-0.4, -0.2) is 19.2 Å². The van der Waals surface area contributed by atoms with Gasteiger partial charge in [0.1, 0.15) is 12.4 Å². The van der Waals surface area contributed by atoms with E-state index < -0.39 is 0 Å². The van der Waals surface area contributed by atoms with Crippen LogP contribution in [0.1, 0.15) is 50.7 Å². The Hall–Kier alpha value is -1.02. The zero-order chi connectivity index (χ0) is 13.5. The third kappa shape index (κ3) is 4.54. The van der Waals surface area contributed by atoms with Gasteiger partial charge in [-0.2, -0.15) is 0 Å². The number of fused-ring (bicyclic) bond motifs is 1. The van der Waals surface area contributed by atoms with Crippen molar-refractivity contribution in [3.8, 4) is 5.75 Å². The fraction of sp³-hybridized carbons (Fsp3) is 0.647. The summed E-state index contributed by atoms with van der Waals surface area (Å²) in [5.74, 6) is 1.03. The van der Waals surface area contributed by atoms with Crippen molar-refractivity contribution in [2.45, 2.75) is 58.4 Å². The van der Waals surface area contributed by atoms with Crippen molar-refractivity contribution in [1.29, 1.82) is 0 Å². The Morgan fingerprint density at radius 3 is 2.79 bits per heavy atom. The molecule has 0 spiro atoms. The van der Waals surface area contributed by atoms with Gasteiger partial charge in [-0.25, -0.2) is 0 Å². The number of hydrogen-bond acceptors (Lipinski definition) is 2. The Kier molecular flexibility index (Phi) is 5.71. The topological polar surface area (TPSA) is 21.3 Å². The van der Waals surface area contributed by atoms with Crippen molar-refractivity contribution in [2.75, 3.05) is 13.2 Å². The van der Waals surface area contributed by atoms with Crippen LogP contribution >= 0.6 is 0 Å². The van der Waals surface area contributed by atoms with Crippen LogP contribution in [0.25, 0.3) is 0 Å². The van der Waals surface area contributed by atoms with Gasteiger partial charge in [0.05, 0.1) is 0 Å². The van der Waals surface area contributed by atoms with Crippen LogP contribution < -0.4 is 10.1 Å². The average Bonchev–Trinajstić information content (AvgIpc) is 2.44. The Bertz CT molecular complexity index is 389. The normalized spacial score (nSPS) is 15.9. The minimum Gasteiger partial charge on any atom is -0.492 e. The van der Waals surface area contributed by atoms with Crippen LogP contribution in [0.2, 0.25) is 0 Å². The lowest BCUT2D eigenvalue weighted by Crippen LogP contribution is -2.29. The summed E-state index contributed by atoms with van der Waals surface area (Å²) < 4.78 is 5.84. The summed E-state index contributed by atoms with van der Waals surface area (Å²) in [7, 11) is 0. The second-order valence-corrected chi connectivity index (χ2v) is 5.63. The summed E-state index contributed by atoms with van der Waals surface area (Å²) in [6.45, 7) is 6.15. The fourth-order valence-electron chi connectivity index (χ4n) is 2.81. The number of ether oxygens (including phenoxy) is 1. The van der Waals surface area contributed by atoms with E-state index in [9.17, 15) is 0 Å². The van der Waals surface area contributed by atoms with Gasteiger partial charge < -0.3 is 10.1 Å². The Balaban J connectivity index is 1.74. The predicted octanol–water partition coefficient (Wildman–Crippen LogP) is 3.72. The van der Waals surface area contributed by atoms with E-state index in [4.69, 9.17) is 4.74 Å². The molecule has 2 nitrogen and oxygen atoms in total. The van der Waals surface area contributed by atoms with E-state index >= 15 is 0 Å². The molecule has 0 saturated carbocycles. The lowest BCUT2D eigenvalue weighted by Gasteiger charge is -2.17.